The lowest BCUT2D eigenvalue weighted by atomic mass is 9.89. The molecule has 3 aromatic carbocycles. The zero-order valence-electron chi connectivity index (χ0n) is 43.6. The lowest BCUT2D eigenvalue weighted by Crippen LogP contribution is -2.65. The van der Waals surface area contributed by atoms with Gasteiger partial charge in [0, 0.05) is 36.7 Å². The Hall–Kier alpha value is -8.06. The second-order valence-electron chi connectivity index (χ2n) is 19.5. The molecule has 2 saturated heterocycles. The maximum atomic E-state index is 12.8. The number of nitrogen functional groups attached to an aromatic ring is 1. The van der Waals surface area contributed by atoms with E-state index >= 15 is 0 Å². The minimum atomic E-state index is -1.46. The van der Waals surface area contributed by atoms with E-state index in [2.05, 4.69) is 20.2 Å². The number of aryl methyl sites for hydroxylation is 4. The van der Waals surface area contributed by atoms with Crippen molar-refractivity contribution >= 4 is 50.9 Å². The molecule has 77 heavy (non-hydrogen) atoms. The van der Waals surface area contributed by atoms with Gasteiger partial charge in [-0.2, -0.15) is 5.11 Å². The largest absolute Gasteiger partial charge is 0.505 e. The van der Waals surface area contributed by atoms with Crippen molar-refractivity contribution in [1.82, 2.24) is 9.97 Å². The Balaban J connectivity index is 0.000000207. The van der Waals surface area contributed by atoms with Crippen LogP contribution in [-0.2, 0) is 28.4 Å². The Morgan fingerprint density at radius 3 is 1.48 bits per heavy atom. The standard InChI is InChI=1S/C30H31N3O9.C24H28N2O9/c1-15-11-13-19(31-15)27(36)41-25-23(35)29(42-30(3,4)26(25)38-5)39-20-14-12-18-22(34)21(28(37)40-24(18)16(20)2)33-32-17-9-7-6-8-10-17;1-10-6-8-13(26-10)21(29)34-19-17(28)23(35-24(3,4)20(19)31-5)32-14-9-7-12-16(27)15(25)22(30)33-18(12)11(14)2/h6-14,23,25-26,29,31,34-35H,1-5H3;6-9,17,19-20,23,26-28H,25H2,1-5H3. The molecular weight excluding hydrogens is 1010 g/mol. The van der Waals surface area contributed by atoms with Crippen molar-refractivity contribution in [3.8, 4) is 23.0 Å². The summed E-state index contributed by atoms with van der Waals surface area (Å²) in [4.78, 5) is 56.1. The molecule has 0 aliphatic carbocycles. The Bertz CT molecular complexity index is 3470. The van der Waals surface area contributed by atoms with Gasteiger partial charge in [0.25, 0.3) is 0 Å². The molecule has 408 valence electrons. The Labute approximate surface area is 439 Å². The van der Waals surface area contributed by atoms with Gasteiger partial charge in [-0.1, -0.05) is 18.2 Å². The van der Waals surface area contributed by atoms with Crippen molar-refractivity contribution in [2.75, 3.05) is 20.0 Å². The first-order valence-corrected chi connectivity index (χ1v) is 24.1. The molecule has 8 unspecified atom stereocenters. The number of hydrogen-bond donors (Lipinski definition) is 7. The van der Waals surface area contributed by atoms with E-state index in [-0.39, 0.29) is 50.5 Å². The highest BCUT2D eigenvalue weighted by Crippen LogP contribution is 2.41. The molecule has 8 atom stereocenters. The third kappa shape index (κ3) is 11.1. The molecule has 8 N–H and O–H groups in total. The van der Waals surface area contributed by atoms with Gasteiger partial charge in [-0.15, -0.1) is 5.11 Å². The van der Waals surface area contributed by atoms with Crippen molar-refractivity contribution in [3.05, 3.63) is 134 Å². The smallest absolute Gasteiger partial charge is 0.368 e. The van der Waals surface area contributed by atoms with Crippen molar-refractivity contribution in [1.29, 1.82) is 0 Å². The van der Waals surface area contributed by atoms with Crippen molar-refractivity contribution in [2.45, 2.75) is 116 Å². The number of fused-ring (bicyclic) bond motifs is 2. The lowest BCUT2D eigenvalue weighted by Gasteiger charge is -2.47. The zero-order chi connectivity index (χ0) is 55.8. The average molecular weight is 1070 g/mol. The number of benzene rings is 3. The summed E-state index contributed by atoms with van der Waals surface area (Å²) in [6.07, 6.45) is -9.40. The van der Waals surface area contributed by atoms with E-state index in [0.29, 0.717) is 16.8 Å². The summed E-state index contributed by atoms with van der Waals surface area (Å²) in [7, 11) is 2.86. The number of nitrogens with zero attached hydrogens (tertiary/aromatic N) is 2. The first kappa shape index (κ1) is 55.2. The maximum Gasteiger partial charge on any atom is 0.368 e. The molecule has 2 aliphatic heterocycles. The molecule has 23 heteroatoms. The monoisotopic (exact) mass is 1070 g/mol. The maximum absolute atomic E-state index is 12.8. The first-order valence-electron chi connectivity index (χ1n) is 24.1. The number of aromatic amines is 2. The van der Waals surface area contributed by atoms with Crippen LogP contribution in [0.25, 0.3) is 21.9 Å². The third-order valence-corrected chi connectivity index (χ3v) is 13.1. The number of aliphatic hydroxyl groups is 2. The highest BCUT2D eigenvalue weighted by Gasteiger charge is 2.55. The fraction of sp³-hybridized carbons (Fsp3) is 0.370. The summed E-state index contributed by atoms with van der Waals surface area (Å²) in [5.74, 6) is -1.73. The SMILES string of the molecule is COC1C(OC(=O)c2ccc(C)[nH]2)C(O)C(Oc2ccc3c(O)c(N)c(=O)oc3c2C)OC1(C)C.COC1C(OC(=O)c2ccc(C)[nH]2)C(O)C(Oc2ccc3c(O)c(N=Nc4ccccc4)c(=O)oc3c2C)OC1(C)C. The van der Waals surface area contributed by atoms with Crippen LogP contribution in [0.3, 0.4) is 0 Å². The summed E-state index contributed by atoms with van der Waals surface area (Å²) in [6, 6.07) is 21.4. The molecule has 0 bridgehead atoms. The number of carbonyl (C=O) groups excluding carboxylic acids is 2. The molecule has 2 fully saturated rings. The number of nitrogens with one attached hydrogen (secondary N) is 2. The molecule has 2 aliphatic rings. The molecule has 0 radical (unpaired) electrons. The number of nitrogens with two attached hydrogens (primary N) is 1. The average Bonchev–Trinajstić information content (AvgIpc) is 4.12. The van der Waals surface area contributed by atoms with Crippen LogP contribution < -0.4 is 26.5 Å². The number of ether oxygens (including phenoxy) is 8. The van der Waals surface area contributed by atoms with E-state index in [4.69, 9.17) is 52.5 Å². The highest BCUT2D eigenvalue weighted by atomic mass is 16.7. The van der Waals surface area contributed by atoms with Crippen molar-refractivity contribution < 1.29 is 76.7 Å². The van der Waals surface area contributed by atoms with Gasteiger partial charge in [0.15, 0.2) is 41.6 Å². The summed E-state index contributed by atoms with van der Waals surface area (Å²) in [6.45, 7) is 13.7. The van der Waals surface area contributed by atoms with Gasteiger partial charge in [0.2, 0.25) is 18.3 Å². The van der Waals surface area contributed by atoms with Crippen LogP contribution in [0.1, 0.15) is 71.2 Å². The van der Waals surface area contributed by atoms with E-state index in [1.54, 1.807) is 104 Å². The molecule has 4 aromatic heterocycles. The molecule has 7 aromatic rings. The van der Waals surface area contributed by atoms with Gasteiger partial charge < -0.3 is 82.9 Å². The predicted molar refractivity (Wildman–Crippen MR) is 275 cm³/mol. The number of aromatic nitrogens is 2. The van der Waals surface area contributed by atoms with Crippen molar-refractivity contribution in [3.63, 3.8) is 0 Å². The van der Waals surface area contributed by atoms with Gasteiger partial charge in [0.05, 0.1) is 27.7 Å². The number of anilines is 1. The minimum absolute atomic E-state index is 0.0538. The number of aromatic hydroxyl groups is 2. The first-order chi connectivity index (χ1) is 36.4. The predicted octanol–water partition coefficient (Wildman–Crippen LogP) is 7.12. The van der Waals surface area contributed by atoms with E-state index < -0.39 is 101 Å². The number of aliphatic hydroxyl groups excluding tert-OH is 2. The molecule has 23 nitrogen and oxygen atoms in total. The molecule has 9 rings (SSSR count). The molecule has 0 saturated carbocycles. The van der Waals surface area contributed by atoms with E-state index in [1.165, 1.54) is 38.5 Å². The number of esters is 2. The number of hydrogen-bond acceptors (Lipinski definition) is 21. The van der Waals surface area contributed by atoms with Gasteiger partial charge in [-0.25, -0.2) is 19.2 Å². The molecule has 0 spiro atoms. The van der Waals surface area contributed by atoms with Crippen LogP contribution in [-0.4, -0.2) is 117 Å². The summed E-state index contributed by atoms with van der Waals surface area (Å²) < 4.78 is 57.3. The fourth-order valence-corrected chi connectivity index (χ4v) is 9.17. The van der Waals surface area contributed by atoms with Crippen LogP contribution in [0.5, 0.6) is 23.0 Å². The third-order valence-electron chi connectivity index (χ3n) is 13.1. The summed E-state index contributed by atoms with van der Waals surface area (Å²) in [5.41, 5.74) is 4.29. The topological polar surface area (TPSA) is 332 Å². The Morgan fingerprint density at radius 2 is 1.05 bits per heavy atom. The number of H-pyrrole nitrogens is 2. The second-order valence-corrected chi connectivity index (χ2v) is 19.5. The zero-order valence-corrected chi connectivity index (χ0v) is 43.6. The summed E-state index contributed by atoms with van der Waals surface area (Å²) >= 11 is 0. The fourth-order valence-electron chi connectivity index (χ4n) is 9.17. The number of azo groups is 1. The van der Waals surface area contributed by atoms with E-state index in [1.807, 2.05) is 6.07 Å². The number of carbonyl (C=O) groups is 2. The van der Waals surface area contributed by atoms with Crippen LogP contribution in [0.2, 0.25) is 0 Å². The number of rotatable bonds is 12. The van der Waals surface area contributed by atoms with Crippen LogP contribution >= 0.6 is 0 Å². The quantitative estimate of drug-likeness (QED) is 0.0364. The molecule has 0 amide bonds. The molecule has 6 heterocycles. The van der Waals surface area contributed by atoms with Crippen LogP contribution in [0, 0.1) is 27.7 Å². The van der Waals surface area contributed by atoms with Crippen LogP contribution in [0.15, 0.2) is 108 Å². The van der Waals surface area contributed by atoms with Crippen LogP contribution in [0.4, 0.5) is 17.1 Å². The molecular formula is C54H59N5O18. The van der Waals surface area contributed by atoms with Crippen molar-refractivity contribution in [2.24, 2.45) is 10.2 Å². The Morgan fingerprint density at radius 1 is 0.610 bits per heavy atom. The normalized spacial score (nSPS) is 22.8. The van der Waals surface area contributed by atoms with E-state index in [0.717, 1.165) is 11.4 Å². The Kier molecular flexibility index (Phi) is 15.7. The van der Waals surface area contributed by atoms with Gasteiger partial charge in [0.1, 0.15) is 46.3 Å². The second kappa shape index (κ2) is 21.9. The van der Waals surface area contributed by atoms with Gasteiger partial charge >= 0.3 is 23.2 Å². The van der Waals surface area contributed by atoms with E-state index in [9.17, 15) is 39.6 Å². The van der Waals surface area contributed by atoms with Gasteiger partial charge in [-0.3, -0.25) is 0 Å². The highest BCUT2D eigenvalue weighted by molar-refractivity contribution is 5.92. The minimum Gasteiger partial charge on any atom is -0.505 e. The lowest BCUT2D eigenvalue weighted by molar-refractivity contribution is -0.305. The summed E-state index contributed by atoms with van der Waals surface area (Å²) in [5, 5.41) is 51.7. The number of methoxy groups -OCH3 is 2. The van der Waals surface area contributed by atoms with Gasteiger partial charge in [-0.05, 0) is 116 Å².